The summed E-state index contributed by atoms with van der Waals surface area (Å²) in [5.74, 6) is 5.78. The predicted octanol–water partition coefficient (Wildman–Crippen LogP) is 2.34. The van der Waals surface area contributed by atoms with E-state index in [-0.39, 0.29) is 5.91 Å². The Bertz CT molecular complexity index is 417. The topological polar surface area (TPSA) is 64.3 Å². The van der Waals surface area contributed by atoms with Gasteiger partial charge in [-0.2, -0.15) is 0 Å². The third-order valence-corrected chi connectivity index (χ3v) is 3.03. The molecular weight excluding hydrogens is 228 g/mol. The Kier molecular flexibility index (Phi) is 5.65. The Hall–Kier alpha value is -1.55. The fraction of sp³-hybridized carbons (Fsp3) is 0.500. The van der Waals surface area contributed by atoms with Crippen molar-refractivity contribution in [2.24, 2.45) is 5.84 Å². The monoisotopic (exact) mass is 250 g/mol. The summed E-state index contributed by atoms with van der Waals surface area (Å²) in [5.41, 5.74) is 4.82. The zero-order chi connectivity index (χ0) is 13.5. The van der Waals surface area contributed by atoms with Gasteiger partial charge in [-0.15, -0.1) is 0 Å². The number of hydrogen-bond acceptors (Lipinski definition) is 3. The van der Waals surface area contributed by atoms with E-state index in [0.717, 1.165) is 36.1 Å². The first-order chi connectivity index (χ1) is 8.65. The highest BCUT2D eigenvalue weighted by Crippen LogP contribution is 2.25. The SMILES string of the molecule is CCCCOc1ccc(C(=O)NN)c(CC)c1C. The van der Waals surface area contributed by atoms with Crippen molar-refractivity contribution >= 4 is 5.91 Å². The zero-order valence-electron chi connectivity index (χ0n) is 11.4. The lowest BCUT2D eigenvalue weighted by atomic mass is 9.98. The molecule has 100 valence electrons. The second-order valence-corrected chi connectivity index (χ2v) is 4.24. The highest BCUT2D eigenvalue weighted by atomic mass is 16.5. The Morgan fingerprint density at radius 2 is 2.11 bits per heavy atom. The Balaban J connectivity index is 3.00. The summed E-state index contributed by atoms with van der Waals surface area (Å²) < 4.78 is 5.73. The molecule has 4 heteroatoms. The first-order valence-corrected chi connectivity index (χ1v) is 6.41. The number of nitrogens with one attached hydrogen (secondary N) is 1. The van der Waals surface area contributed by atoms with Crippen molar-refractivity contribution < 1.29 is 9.53 Å². The predicted molar refractivity (Wildman–Crippen MR) is 72.6 cm³/mol. The highest BCUT2D eigenvalue weighted by molar-refractivity contribution is 5.95. The van der Waals surface area contributed by atoms with Crippen LogP contribution in [0.1, 0.15) is 48.2 Å². The van der Waals surface area contributed by atoms with Gasteiger partial charge in [0.25, 0.3) is 5.91 Å². The number of hydrazine groups is 1. The minimum atomic E-state index is -0.255. The van der Waals surface area contributed by atoms with Crippen LogP contribution in [0.2, 0.25) is 0 Å². The van der Waals surface area contributed by atoms with Crippen molar-refractivity contribution in [2.75, 3.05) is 6.61 Å². The maximum atomic E-state index is 11.6. The van der Waals surface area contributed by atoms with Gasteiger partial charge in [0.05, 0.1) is 6.61 Å². The average Bonchev–Trinajstić information content (AvgIpc) is 2.39. The zero-order valence-corrected chi connectivity index (χ0v) is 11.4. The molecule has 0 heterocycles. The van der Waals surface area contributed by atoms with Crippen LogP contribution in [-0.2, 0) is 6.42 Å². The first kappa shape index (κ1) is 14.5. The van der Waals surface area contributed by atoms with Gasteiger partial charge in [0.1, 0.15) is 5.75 Å². The van der Waals surface area contributed by atoms with Gasteiger partial charge in [0.15, 0.2) is 0 Å². The second kappa shape index (κ2) is 7.01. The molecule has 18 heavy (non-hydrogen) atoms. The summed E-state index contributed by atoms with van der Waals surface area (Å²) in [6.45, 7) is 6.84. The molecule has 0 saturated heterocycles. The van der Waals surface area contributed by atoms with Crippen molar-refractivity contribution in [3.63, 3.8) is 0 Å². The number of amides is 1. The number of ether oxygens (including phenoxy) is 1. The minimum absolute atomic E-state index is 0.255. The molecule has 0 aromatic heterocycles. The van der Waals surface area contributed by atoms with E-state index in [1.54, 1.807) is 6.07 Å². The molecule has 4 nitrogen and oxygen atoms in total. The molecule has 1 amide bonds. The summed E-state index contributed by atoms with van der Waals surface area (Å²) in [6.07, 6.45) is 2.92. The lowest BCUT2D eigenvalue weighted by Gasteiger charge is -2.15. The molecule has 0 aliphatic carbocycles. The molecule has 0 aliphatic rings. The molecule has 1 aromatic rings. The van der Waals surface area contributed by atoms with Crippen LogP contribution in [0.5, 0.6) is 5.75 Å². The standard InChI is InChI=1S/C14H22N2O2/c1-4-6-9-18-13-8-7-12(14(17)16-15)11(5-2)10(13)3/h7-8H,4-6,9,15H2,1-3H3,(H,16,17). The van der Waals surface area contributed by atoms with E-state index in [0.29, 0.717) is 12.2 Å². The average molecular weight is 250 g/mol. The van der Waals surface area contributed by atoms with Crippen LogP contribution in [0.25, 0.3) is 0 Å². The van der Waals surface area contributed by atoms with Gasteiger partial charge in [-0.05, 0) is 43.0 Å². The van der Waals surface area contributed by atoms with Gasteiger partial charge in [-0.3, -0.25) is 10.2 Å². The van der Waals surface area contributed by atoms with E-state index in [9.17, 15) is 4.79 Å². The van der Waals surface area contributed by atoms with Crippen LogP contribution in [0.4, 0.5) is 0 Å². The maximum absolute atomic E-state index is 11.6. The first-order valence-electron chi connectivity index (χ1n) is 6.41. The fourth-order valence-electron chi connectivity index (χ4n) is 1.96. The number of rotatable bonds is 6. The van der Waals surface area contributed by atoms with E-state index in [2.05, 4.69) is 12.3 Å². The number of nitrogens with two attached hydrogens (primary N) is 1. The molecule has 0 fully saturated rings. The Morgan fingerprint density at radius 3 is 2.67 bits per heavy atom. The quantitative estimate of drug-likeness (QED) is 0.352. The molecule has 0 unspecified atom stereocenters. The number of nitrogen functional groups attached to an aromatic ring is 1. The van der Waals surface area contributed by atoms with E-state index < -0.39 is 0 Å². The summed E-state index contributed by atoms with van der Waals surface area (Å²) in [4.78, 5) is 11.6. The van der Waals surface area contributed by atoms with Crippen LogP contribution in [0, 0.1) is 6.92 Å². The van der Waals surface area contributed by atoms with Crippen LogP contribution < -0.4 is 16.0 Å². The highest BCUT2D eigenvalue weighted by Gasteiger charge is 2.14. The molecule has 1 rings (SSSR count). The number of carbonyl (C=O) groups is 1. The van der Waals surface area contributed by atoms with Crippen molar-refractivity contribution in [3.05, 3.63) is 28.8 Å². The van der Waals surface area contributed by atoms with Crippen LogP contribution in [0.3, 0.4) is 0 Å². The molecule has 0 spiro atoms. The molecule has 1 aromatic carbocycles. The number of hydrogen-bond donors (Lipinski definition) is 2. The van der Waals surface area contributed by atoms with E-state index in [1.807, 2.05) is 19.9 Å². The summed E-state index contributed by atoms with van der Waals surface area (Å²) in [5, 5.41) is 0. The van der Waals surface area contributed by atoms with Crippen molar-refractivity contribution in [1.29, 1.82) is 0 Å². The number of benzene rings is 1. The number of carbonyl (C=O) groups excluding carboxylic acids is 1. The molecule has 0 aliphatic heterocycles. The molecule has 3 N–H and O–H groups in total. The lowest BCUT2D eigenvalue weighted by molar-refractivity contribution is 0.0952. The van der Waals surface area contributed by atoms with Crippen LogP contribution in [0.15, 0.2) is 12.1 Å². The van der Waals surface area contributed by atoms with Crippen LogP contribution >= 0.6 is 0 Å². The summed E-state index contributed by atoms with van der Waals surface area (Å²) >= 11 is 0. The third kappa shape index (κ3) is 3.23. The van der Waals surface area contributed by atoms with Gasteiger partial charge in [-0.1, -0.05) is 20.3 Å². The van der Waals surface area contributed by atoms with Gasteiger partial charge in [-0.25, -0.2) is 5.84 Å². The Morgan fingerprint density at radius 1 is 1.39 bits per heavy atom. The van der Waals surface area contributed by atoms with Crippen molar-refractivity contribution in [2.45, 2.75) is 40.0 Å². The molecular formula is C14H22N2O2. The summed E-state index contributed by atoms with van der Waals surface area (Å²) in [6, 6.07) is 3.62. The van der Waals surface area contributed by atoms with Gasteiger partial charge in [0.2, 0.25) is 0 Å². The van der Waals surface area contributed by atoms with E-state index in [4.69, 9.17) is 10.6 Å². The van der Waals surface area contributed by atoms with Crippen LogP contribution in [-0.4, -0.2) is 12.5 Å². The van der Waals surface area contributed by atoms with Gasteiger partial charge >= 0.3 is 0 Å². The fourth-order valence-corrected chi connectivity index (χ4v) is 1.96. The molecule has 0 bridgehead atoms. The lowest BCUT2D eigenvalue weighted by Crippen LogP contribution is -2.31. The molecule has 0 radical (unpaired) electrons. The van der Waals surface area contributed by atoms with Crippen molar-refractivity contribution in [3.8, 4) is 5.75 Å². The number of unbranched alkanes of at least 4 members (excludes halogenated alkanes) is 1. The largest absolute Gasteiger partial charge is 0.493 e. The maximum Gasteiger partial charge on any atom is 0.265 e. The Labute approximate surface area is 108 Å². The van der Waals surface area contributed by atoms with E-state index in [1.165, 1.54) is 0 Å². The minimum Gasteiger partial charge on any atom is -0.493 e. The van der Waals surface area contributed by atoms with Gasteiger partial charge in [0, 0.05) is 5.56 Å². The molecule has 0 atom stereocenters. The summed E-state index contributed by atoms with van der Waals surface area (Å²) in [7, 11) is 0. The normalized spacial score (nSPS) is 10.2. The van der Waals surface area contributed by atoms with Gasteiger partial charge < -0.3 is 4.74 Å². The van der Waals surface area contributed by atoms with E-state index >= 15 is 0 Å². The van der Waals surface area contributed by atoms with Crippen molar-refractivity contribution in [1.82, 2.24) is 5.43 Å². The molecule has 0 saturated carbocycles. The second-order valence-electron chi connectivity index (χ2n) is 4.24. The smallest absolute Gasteiger partial charge is 0.265 e. The third-order valence-electron chi connectivity index (χ3n) is 3.03.